The lowest BCUT2D eigenvalue weighted by atomic mass is 9.98. The fourth-order valence-electron chi connectivity index (χ4n) is 3.51. The monoisotopic (exact) mass is 399 g/mol. The largest absolute Gasteiger partial charge is 0.573 e. The maximum atomic E-state index is 12.5. The standard InChI is InChI=1S/C18H20F3N3O4/c19-18(20,21)28-13-5-3-12(4-6-13)11-22-14(25)7-10-24-15(26)17(23-16(24)27)8-1-2-9-17/h3-6H,1-2,7-11H2,(H,22,25)(H,23,27). The number of carbonyl (C=O) groups excluding carboxylic acids is 3. The molecule has 0 radical (unpaired) electrons. The third kappa shape index (κ3) is 4.55. The molecule has 10 heteroatoms. The van der Waals surface area contributed by atoms with Crippen LogP contribution in [0.1, 0.15) is 37.7 Å². The first-order valence-corrected chi connectivity index (χ1v) is 8.94. The predicted octanol–water partition coefficient (Wildman–Crippen LogP) is 2.46. The minimum absolute atomic E-state index is 0.0173. The molecule has 2 fully saturated rings. The van der Waals surface area contributed by atoms with E-state index in [-0.39, 0.29) is 37.1 Å². The molecular weight excluding hydrogens is 379 g/mol. The van der Waals surface area contributed by atoms with Crippen molar-refractivity contribution in [1.82, 2.24) is 15.5 Å². The molecule has 1 aromatic carbocycles. The molecular formula is C18H20F3N3O4. The van der Waals surface area contributed by atoms with E-state index in [2.05, 4.69) is 15.4 Å². The minimum atomic E-state index is -4.76. The predicted molar refractivity (Wildman–Crippen MR) is 91.0 cm³/mol. The maximum Gasteiger partial charge on any atom is 0.573 e. The number of halogens is 3. The number of amides is 4. The summed E-state index contributed by atoms with van der Waals surface area (Å²) in [5.74, 6) is -0.992. The molecule has 1 aliphatic carbocycles. The van der Waals surface area contributed by atoms with Gasteiger partial charge in [0.15, 0.2) is 0 Å². The van der Waals surface area contributed by atoms with Crippen molar-refractivity contribution in [2.75, 3.05) is 6.54 Å². The fraction of sp³-hybridized carbons (Fsp3) is 0.500. The number of alkyl halides is 3. The Morgan fingerprint density at radius 2 is 1.82 bits per heavy atom. The zero-order valence-corrected chi connectivity index (χ0v) is 15.0. The van der Waals surface area contributed by atoms with E-state index in [0.717, 1.165) is 29.9 Å². The zero-order chi connectivity index (χ0) is 20.4. The van der Waals surface area contributed by atoms with Crippen LogP contribution in [-0.4, -0.2) is 41.2 Å². The van der Waals surface area contributed by atoms with Crippen molar-refractivity contribution in [3.8, 4) is 5.75 Å². The highest BCUT2D eigenvalue weighted by Crippen LogP contribution is 2.35. The van der Waals surface area contributed by atoms with Crippen molar-refractivity contribution in [1.29, 1.82) is 0 Å². The second kappa shape index (κ2) is 7.69. The third-order valence-corrected chi connectivity index (χ3v) is 4.91. The normalized spacial score (nSPS) is 18.5. The van der Waals surface area contributed by atoms with Crippen LogP contribution in [0, 0.1) is 0 Å². The number of carbonyl (C=O) groups is 3. The molecule has 0 aromatic heterocycles. The van der Waals surface area contributed by atoms with Crippen LogP contribution in [0.25, 0.3) is 0 Å². The van der Waals surface area contributed by atoms with E-state index < -0.39 is 17.9 Å². The molecule has 1 heterocycles. The van der Waals surface area contributed by atoms with Gasteiger partial charge in [-0.1, -0.05) is 25.0 Å². The summed E-state index contributed by atoms with van der Waals surface area (Å²) < 4.78 is 40.2. The van der Waals surface area contributed by atoms with E-state index in [1.54, 1.807) is 0 Å². The van der Waals surface area contributed by atoms with Gasteiger partial charge in [0, 0.05) is 19.5 Å². The number of hydrogen-bond donors (Lipinski definition) is 2. The lowest BCUT2D eigenvalue weighted by Gasteiger charge is -2.19. The summed E-state index contributed by atoms with van der Waals surface area (Å²) in [6.07, 6.45) is -1.81. The van der Waals surface area contributed by atoms with E-state index in [1.807, 2.05) is 0 Å². The Balaban J connectivity index is 1.45. The van der Waals surface area contributed by atoms with Gasteiger partial charge < -0.3 is 15.4 Å². The van der Waals surface area contributed by atoms with Gasteiger partial charge >= 0.3 is 12.4 Å². The Hall–Kier alpha value is -2.78. The highest BCUT2D eigenvalue weighted by molar-refractivity contribution is 6.07. The minimum Gasteiger partial charge on any atom is -0.406 e. The van der Waals surface area contributed by atoms with Crippen molar-refractivity contribution in [2.45, 2.75) is 50.6 Å². The second-order valence-electron chi connectivity index (χ2n) is 6.89. The van der Waals surface area contributed by atoms with Gasteiger partial charge in [0.05, 0.1) is 0 Å². The average Bonchev–Trinajstić information content (AvgIpc) is 3.17. The second-order valence-corrected chi connectivity index (χ2v) is 6.89. The Bertz CT molecular complexity index is 758. The Labute approximate surface area is 159 Å². The maximum absolute atomic E-state index is 12.5. The van der Waals surface area contributed by atoms with Gasteiger partial charge in [0.25, 0.3) is 5.91 Å². The molecule has 0 unspecified atom stereocenters. The first kappa shape index (κ1) is 20.0. The van der Waals surface area contributed by atoms with Gasteiger partial charge in [0.1, 0.15) is 11.3 Å². The molecule has 7 nitrogen and oxygen atoms in total. The van der Waals surface area contributed by atoms with Gasteiger partial charge in [-0.15, -0.1) is 13.2 Å². The Kier molecular flexibility index (Phi) is 5.48. The lowest BCUT2D eigenvalue weighted by molar-refractivity contribution is -0.274. The first-order valence-electron chi connectivity index (χ1n) is 8.94. The van der Waals surface area contributed by atoms with Crippen molar-refractivity contribution in [3.63, 3.8) is 0 Å². The molecule has 1 saturated carbocycles. The van der Waals surface area contributed by atoms with E-state index >= 15 is 0 Å². The third-order valence-electron chi connectivity index (χ3n) is 4.91. The number of ether oxygens (including phenoxy) is 1. The van der Waals surface area contributed by atoms with Gasteiger partial charge in [0.2, 0.25) is 5.91 Å². The van der Waals surface area contributed by atoms with E-state index in [0.29, 0.717) is 18.4 Å². The summed E-state index contributed by atoms with van der Waals surface area (Å²) >= 11 is 0. The number of nitrogens with one attached hydrogen (secondary N) is 2. The van der Waals surface area contributed by atoms with Crippen LogP contribution in [-0.2, 0) is 16.1 Å². The molecule has 1 aliphatic heterocycles. The Morgan fingerprint density at radius 1 is 1.18 bits per heavy atom. The molecule has 2 N–H and O–H groups in total. The quantitative estimate of drug-likeness (QED) is 0.720. The van der Waals surface area contributed by atoms with Crippen molar-refractivity contribution in [3.05, 3.63) is 29.8 Å². The number of nitrogens with zero attached hydrogens (tertiary/aromatic N) is 1. The molecule has 3 rings (SSSR count). The molecule has 1 saturated heterocycles. The van der Waals surface area contributed by atoms with Crippen LogP contribution in [0.4, 0.5) is 18.0 Å². The van der Waals surface area contributed by atoms with E-state index in [4.69, 9.17) is 0 Å². The van der Waals surface area contributed by atoms with Crippen LogP contribution in [0.15, 0.2) is 24.3 Å². The molecule has 0 bridgehead atoms. The van der Waals surface area contributed by atoms with Crippen molar-refractivity contribution < 1.29 is 32.3 Å². The SMILES string of the molecule is O=C(CCN1C(=O)NC2(CCCC2)C1=O)NCc1ccc(OC(F)(F)F)cc1. The van der Waals surface area contributed by atoms with Crippen LogP contribution in [0.2, 0.25) is 0 Å². The summed E-state index contributed by atoms with van der Waals surface area (Å²) in [5, 5.41) is 5.36. The Morgan fingerprint density at radius 3 is 2.43 bits per heavy atom. The number of urea groups is 1. The number of rotatable bonds is 6. The summed E-state index contributed by atoms with van der Waals surface area (Å²) in [6.45, 7) is 0.0891. The molecule has 28 heavy (non-hydrogen) atoms. The van der Waals surface area contributed by atoms with Crippen molar-refractivity contribution >= 4 is 17.8 Å². The molecule has 4 amide bonds. The first-order chi connectivity index (χ1) is 13.2. The summed E-state index contributed by atoms with van der Waals surface area (Å²) in [4.78, 5) is 37.6. The van der Waals surface area contributed by atoms with Gasteiger partial charge in [-0.25, -0.2) is 4.79 Å². The van der Waals surface area contributed by atoms with Crippen LogP contribution in [0.3, 0.4) is 0 Å². The number of hydrogen-bond acceptors (Lipinski definition) is 4. The number of benzene rings is 1. The summed E-state index contributed by atoms with van der Waals surface area (Å²) in [7, 11) is 0. The van der Waals surface area contributed by atoms with E-state index in [9.17, 15) is 27.6 Å². The summed E-state index contributed by atoms with van der Waals surface area (Å²) in [6, 6.07) is 4.65. The average molecular weight is 399 g/mol. The van der Waals surface area contributed by atoms with Gasteiger partial charge in [-0.05, 0) is 30.5 Å². The molecule has 152 valence electrons. The zero-order valence-electron chi connectivity index (χ0n) is 15.0. The molecule has 0 atom stereocenters. The van der Waals surface area contributed by atoms with Gasteiger partial charge in [-0.3, -0.25) is 14.5 Å². The highest BCUT2D eigenvalue weighted by atomic mass is 19.4. The fourth-order valence-corrected chi connectivity index (χ4v) is 3.51. The van der Waals surface area contributed by atoms with Crippen LogP contribution in [0.5, 0.6) is 5.75 Å². The lowest BCUT2D eigenvalue weighted by Crippen LogP contribution is -2.44. The van der Waals surface area contributed by atoms with Crippen LogP contribution >= 0.6 is 0 Å². The smallest absolute Gasteiger partial charge is 0.406 e. The van der Waals surface area contributed by atoms with Crippen molar-refractivity contribution in [2.24, 2.45) is 0 Å². The highest BCUT2D eigenvalue weighted by Gasteiger charge is 2.52. The van der Waals surface area contributed by atoms with Gasteiger partial charge in [-0.2, -0.15) is 0 Å². The number of imide groups is 1. The van der Waals surface area contributed by atoms with Crippen LogP contribution < -0.4 is 15.4 Å². The summed E-state index contributed by atoms with van der Waals surface area (Å²) in [5.41, 5.74) is -0.212. The molecule has 2 aliphatic rings. The molecule has 1 spiro atoms. The topological polar surface area (TPSA) is 87.7 Å². The molecule has 1 aromatic rings. The van der Waals surface area contributed by atoms with E-state index in [1.165, 1.54) is 12.1 Å².